The molecule has 0 amide bonds. The molecule has 3 unspecified atom stereocenters. The van der Waals surface area contributed by atoms with E-state index in [9.17, 15) is 46.2 Å². The molecule has 3 saturated carbocycles. The van der Waals surface area contributed by atoms with Gasteiger partial charge in [-0.05, 0) is 36.5 Å². The molecule has 4 aliphatic carbocycles. The third-order valence-electron chi connectivity index (χ3n) is 9.10. The lowest BCUT2D eigenvalue weighted by atomic mass is 9.45. The lowest BCUT2D eigenvalue weighted by Gasteiger charge is -2.59. The first-order valence-corrected chi connectivity index (χ1v) is 16.2. The van der Waals surface area contributed by atoms with Crippen LogP contribution < -0.4 is 0 Å². The van der Waals surface area contributed by atoms with Gasteiger partial charge in [0.05, 0.1) is 18.9 Å². The Morgan fingerprint density at radius 3 is 2.25 bits per heavy atom. The standard InChI is InChI=1S/C25H32O13S2/c1-23-7-5-12(26)9-14(23)20(37-39(3,33)34)21(38-40(4,35)36)18-13-6-8-25(32,22(31)15(27)10-17(29)30)24(13,2)11-16(28)19(18)23/h5,7,9,13,15,18-21,27,32H,6,8,10-11H2,1-4H3,(H,29,30)/t13-,15?,18-,19-,20?,21?,23-,24-,25-/m0/s1. The highest BCUT2D eigenvalue weighted by Crippen LogP contribution is 2.67. The van der Waals surface area contributed by atoms with Crippen LogP contribution in [0.25, 0.3) is 0 Å². The Balaban J connectivity index is 1.92. The van der Waals surface area contributed by atoms with Crippen molar-refractivity contribution in [3.05, 3.63) is 23.8 Å². The summed E-state index contributed by atoms with van der Waals surface area (Å²) in [5.74, 6) is -6.75. The highest BCUT2D eigenvalue weighted by atomic mass is 32.2. The molecule has 0 heterocycles. The van der Waals surface area contributed by atoms with E-state index in [-0.39, 0.29) is 18.4 Å². The molecule has 3 N–H and O–H groups in total. The van der Waals surface area contributed by atoms with Gasteiger partial charge in [0.2, 0.25) is 0 Å². The number of carbonyl (C=O) groups is 4. The van der Waals surface area contributed by atoms with E-state index in [0.717, 1.165) is 18.6 Å². The Hall–Kier alpha value is -2.30. The summed E-state index contributed by atoms with van der Waals surface area (Å²) in [5.41, 5.74) is -5.23. The first kappa shape index (κ1) is 30.7. The summed E-state index contributed by atoms with van der Waals surface area (Å²) in [5, 5.41) is 31.0. The van der Waals surface area contributed by atoms with Gasteiger partial charge in [0.1, 0.15) is 29.7 Å². The Morgan fingerprint density at radius 2 is 1.70 bits per heavy atom. The number of allylic oxidation sites excluding steroid dienone is 3. The highest BCUT2D eigenvalue weighted by Gasteiger charge is 2.72. The molecule has 4 rings (SSSR count). The topological polar surface area (TPSA) is 216 Å². The van der Waals surface area contributed by atoms with Crippen LogP contribution in [0.3, 0.4) is 0 Å². The van der Waals surface area contributed by atoms with Crippen LogP contribution in [-0.2, 0) is 47.8 Å². The highest BCUT2D eigenvalue weighted by molar-refractivity contribution is 7.86. The van der Waals surface area contributed by atoms with Gasteiger partial charge in [-0.1, -0.05) is 19.9 Å². The van der Waals surface area contributed by atoms with E-state index in [1.54, 1.807) is 6.92 Å². The smallest absolute Gasteiger partial charge is 0.306 e. The summed E-state index contributed by atoms with van der Waals surface area (Å²) in [6, 6.07) is 0. The van der Waals surface area contributed by atoms with Gasteiger partial charge in [-0.25, -0.2) is 0 Å². The molecule has 0 bridgehead atoms. The average molecular weight is 605 g/mol. The van der Waals surface area contributed by atoms with Crippen LogP contribution in [0.1, 0.15) is 39.5 Å². The number of rotatable bonds is 8. The third kappa shape index (κ3) is 4.90. The van der Waals surface area contributed by atoms with Gasteiger partial charge in [-0.3, -0.25) is 27.5 Å². The van der Waals surface area contributed by atoms with Crippen LogP contribution in [0.2, 0.25) is 0 Å². The lowest BCUT2D eigenvalue weighted by Crippen LogP contribution is -2.67. The molecule has 0 spiro atoms. The fourth-order valence-corrected chi connectivity index (χ4v) is 8.77. The second-order valence-corrected chi connectivity index (χ2v) is 14.9. The normalized spacial score (nSPS) is 40.0. The van der Waals surface area contributed by atoms with Crippen LogP contribution in [0.15, 0.2) is 23.8 Å². The number of Topliss-reactive ketones (excluding diaryl/α,β-unsaturated/α-hetero) is 2. The predicted octanol–water partition coefficient (Wildman–Crippen LogP) is -0.481. The molecule has 4 aliphatic rings. The lowest BCUT2D eigenvalue weighted by molar-refractivity contribution is -0.182. The molecular weight excluding hydrogens is 572 g/mol. The number of hydrogen-bond acceptors (Lipinski definition) is 12. The van der Waals surface area contributed by atoms with Gasteiger partial charge >= 0.3 is 5.97 Å². The van der Waals surface area contributed by atoms with E-state index in [2.05, 4.69) is 0 Å². The first-order valence-electron chi connectivity index (χ1n) is 12.6. The van der Waals surface area contributed by atoms with Gasteiger partial charge in [-0.15, -0.1) is 0 Å². The van der Waals surface area contributed by atoms with Crippen molar-refractivity contribution < 1.29 is 59.7 Å². The monoisotopic (exact) mass is 604 g/mol. The van der Waals surface area contributed by atoms with Crippen molar-refractivity contribution in [2.45, 2.75) is 63.4 Å². The van der Waals surface area contributed by atoms with Crippen LogP contribution in [-0.4, -0.2) is 91.9 Å². The van der Waals surface area contributed by atoms with Crippen LogP contribution in [0, 0.1) is 28.6 Å². The van der Waals surface area contributed by atoms with E-state index >= 15 is 0 Å². The number of carbonyl (C=O) groups excluding carboxylic acids is 3. The van der Waals surface area contributed by atoms with E-state index in [4.69, 9.17) is 13.5 Å². The number of hydrogen-bond donors (Lipinski definition) is 3. The number of carboxylic acids is 1. The van der Waals surface area contributed by atoms with E-state index in [0.29, 0.717) is 0 Å². The third-order valence-corrected chi connectivity index (χ3v) is 10.2. The quantitative estimate of drug-likeness (QED) is 0.299. The molecule has 15 heteroatoms. The van der Waals surface area contributed by atoms with E-state index in [1.807, 2.05) is 0 Å². The molecular formula is C25H32O13S2. The maximum atomic E-state index is 14.0. The summed E-state index contributed by atoms with van der Waals surface area (Å²) in [6.45, 7) is 3.03. The SMILES string of the molecule is C[C@]12C=CC(=O)C=C1C(OS(C)(=O)=O)C(OS(C)(=O)=O)[C@@H]1[C@@H]2C(=O)C[C@@]2(C)[C@H]1CC[C@]2(O)C(=O)C(O)CC(=O)O. The van der Waals surface area contributed by atoms with E-state index < -0.39 is 109 Å². The summed E-state index contributed by atoms with van der Waals surface area (Å²) in [6.07, 6.45) is -1.76. The van der Waals surface area contributed by atoms with Crippen molar-refractivity contribution in [3.63, 3.8) is 0 Å². The molecule has 0 saturated heterocycles. The van der Waals surface area contributed by atoms with Gasteiger partial charge < -0.3 is 15.3 Å². The Kier molecular flexibility index (Phi) is 7.38. The summed E-state index contributed by atoms with van der Waals surface area (Å²) >= 11 is 0. The maximum absolute atomic E-state index is 14.0. The number of ketones is 3. The van der Waals surface area contributed by atoms with Crippen molar-refractivity contribution >= 4 is 43.6 Å². The largest absolute Gasteiger partial charge is 0.481 e. The van der Waals surface area contributed by atoms with Crippen molar-refractivity contribution in [2.24, 2.45) is 28.6 Å². The zero-order chi connectivity index (χ0) is 30.2. The molecule has 9 atom stereocenters. The van der Waals surface area contributed by atoms with Crippen molar-refractivity contribution in [1.82, 2.24) is 0 Å². The molecule has 0 aromatic heterocycles. The zero-order valence-electron chi connectivity index (χ0n) is 22.3. The minimum atomic E-state index is -4.32. The van der Waals surface area contributed by atoms with E-state index in [1.165, 1.54) is 19.1 Å². The Bertz CT molecular complexity index is 1440. The second kappa shape index (κ2) is 9.63. The number of fused-ring (bicyclic) bond motifs is 5. The van der Waals surface area contributed by atoms with Crippen LogP contribution in [0.4, 0.5) is 0 Å². The first-order chi connectivity index (χ1) is 18.1. The number of aliphatic hydroxyl groups is 2. The summed E-state index contributed by atoms with van der Waals surface area (Å²) in [7, 11) is -8.61. The van der Waals surface area contributed by atoms with Gasteiger partial charge in [-0.2, -0.15) is 16.8 Å². The zero-order valence-corrected chi connectivity index (χ0v) is 23.9. The maximum Gasteiger partial charge on any atom is 0.306 e. The second-order valence-electron chi connectivity index (χ2n) is 11.7. The minimum absolute atomic E-state index is 0.0277. The molecule has 13 nitrogen and oxygen atoms in total. The van der Waals surface area contributed by atoms with Crippen molar-refractivity contribution in [1.29, 1.82) is 0 Å². The average Bonchev–Trinajstić information content (AvgIpc) is 3.05. The predicted molar refractivity (Wildman–Crippen MR) is 135 cm³/mol. The Morgan fingerprint density at radius 1 is 1.10 bits per heavy atom. The molecule has 0 radical (unpaired) electrons. The summed E-state index contributed by atoms with van der Waals surface area (Å²) < 4.78 is 60.4. The molecule has 222 valence electrons. The number of carboxylic acid groups (broad SMARTS) is 1. The van der Waals surface area contributed by atoms with Crippen molar-refractivity contribution in [3.8, 4) is 0 Å². The van der Waals surface area contributed by atoms with Gasteiger partial charge in [0.15, 0.2) is 11.6 Å². The molecule has 40 heavy (non-hydrogen) atoms. The molecule has 3 fully saturated rings. The van der Waals surface area contributed by atoms with Crippen LogP contribution in [0.5, 0.6) is 0 Å². The molecule has 0 aliphatic heterocycles. The Labute approximate surface area is 231 Å². The minimum Gasteiger partial charge on any atom is -0.481 e. The fourth-order valence-electron chi connectivity index (χ4n) is 7.55. The summed E-state index contributed by atoms with van der Waals surface area (Å²) in [4.78, 5) is 50.8. The number of aliphatic carboxylic acids is 1. The molecule has 0 aromatic rings. The van der Waals surface area contributed by atoms with Gasteiger partial charge in [0, 0.05) is 29.1 Å². The van der Waals surface area contributed by atoms with Crippen LogP contribution >= 0.6 is 0 Å². The molecule has 0 aromatic carbocycles. The number of aliphatic hydroxyl groups excluding tert-OH is 1. The fraction of sp³-hybridized carbons (Fsp3) is 0.680. The van der Waals surface area contributed by atoms with Crippen molar-refractivity contribution in [2.75, 3.05) is 12.5 Å². The van der Waals surface area contributed by atoms with Gasteiger partial charge in [0.25, 0.3) is 20.2 Å².